The summed E-state index contributed by atoms with van der Waals surface area (Å²) in [4.78, 5) is 4.69. The lowest BCUT2D eigenvalue weighted by Gasteiger charge is -2.29. The molecule has 11 aromatic rings. The highest BCUT2D eigenvalue weighted by Crippen LogP contribution is 2.44. The van der Waals surface area contributed by atoms with Crippen LogP contribution in [-0.4, -0.2) is 4.57 Å². The molecule has 264 valence electrons. The first-order valence-electron chi connectivity index (χ1n) is 19.0. The zero-order valence-corrected chi connectivity index (χ0v) is 30.5. The van der Waals surface area contributed by atoms with Crippen LogP contribution in [0.2, 0.25) is 0 Å². The molecule has 0 bridgehead atoms. The van der Waals surface area contributed by atoms with Crippen LogP contribution < -0.4 is 9.80 Å². The molecule has 0 unspecified atom stereocenters. The maximum Gasteiger partial charge on any atom is 0.143 e. The van der Waals surface area contributed by atoms with Crippen LogP contribution >= 0.6 is 0 Å². The second-order valence-corrected chi connectivity index (χ2v) is 14.2. The molecule has 0 N–H and O–H groups in total. The van der Waals surface area contributed by atoms with Gasteiger partial charge in [-0.15, -0.1) is 0 Å². The summed E-state index contributed by atoms with van der Waals surface area (Å²) in [5, 5.41) is 6.94. The Morgan fingerprint density at radius 3 is 1.57 bits per heavy atom. The molecular weight excluding hydrogens is 683 g/mol. The number of nitrogens with zero attached hydrogens (tertiary/aromatic N) is 3. The third-order valence-electron chi connectivity index (χ3n) is 10.9. The Morgan fingerprint density at radius 1 is 0.321 bits per heavy atom. The van der Waals surface area contributed by atoms with Gasteiger partial charge in [-0.25, -0.2) is 0 Å². The van der Waals surface area contributed by atoms with Crippen molar-refractivity contribution in [2.75, 3.05) is 9.80 Å². The minimum Gasteiger partial charge on any atom is -0.455 e. The Bertz CT molecular complexity index is 3180. The summed E-state index contributed by atoms with van der Waals surface area (Å²) in [6.07, 6.45) is 0. The van der Waals surface area contributed by atoms with Crippen LogP contribution in [0.3, 0.4) is 0 Å². The smallest absolute Gasteiger partial charge is 0.143 e. The number of anilines is 6. The third kappa shape index (κ3) is 5.15. The van der Waals surface area contributed by atoms with E-state index in [0.29, 0.717) is 0 Å². The average Bonchev–Trinajstić information content (AvgIpc) is 3.82. The molecule has 0 atom stereocenters. The second-order valence-electron chi connectivity index (χ2n) is 14.2. The highest BCUT2D eigenvalue weighted by molar-refractivity contribution is 6.17. The van der Waals surface area contributed by atoms with Crippen molar-refractivity contribution in [3.05, 3.63) is 212 Å². The summed E-state index contributed by atoms with van der Waals surface area (Å²) in [6, 6.07) is 75.6. The van der Waals surface area contributed by atoms with Gasteiger partial charge >= 0.3 is 0 Å². The molecule has 9 aromatic carbocycles. The summed E-state index contributed by atoms with van der Waals surface area (Å²) in [5.74, 6) is 0. The molecule has 11 rings (SSSR count). The van der Waals surface area contributed by atoms with Crippen molar-refractivity contribution in [2.24, 2.45) is 0 Å². The first kappa shape index (κ1) is 31.9. The van der Waals surface area contributed by atoms with E-state index < -0.39 is 0 Å². The van der Waals surface area contributed by atoms with Crippen molar-refractivity contribution in [3.63, 3.8) is 0 Å². The van der Waals surface area contributed by atoms with E-state index in [1.165, 1.54) is 16.3 Å². The topological polar surface area (TPSA) is 24.6 Å². The monoisotopic (exact) mass is 717 g/mol. The molecule has 0 aliphatic carbocycles. The van der Waals surface area contributed by atoms with Gasteiger partial charge in [-0.3, -0.25) is 0 Å². The van der Waals surface area contributed by atoms with Crippen LogP contribution in [0.15, 0.2) is 217 Å². The molecule has 56 heavy (non-hydrogen) atoms. The minimum atomic E-state index is 0.902. The van der Waals surface area contributed by atoms with Gasteiger partial charge in [0.1, 0.15) is 11.2 Å². The van der Waals surface area contributed by atoms with E-state index in [1.807, 2.05) is 12.1 Å². The molecule has 0 aliphatic rings. The maximum atomic E-state index is 6.49. The molecule has 0 saturated carbocycles. The van der Waals surface area contributed by atoms with Gasteiger partial charge in [0.15, 0.2) is 0 Å². The van der Waals surface area contributed by atoms with E-state index in [1.54, 1.807) is 0 Å². The van der Waals surface area contributed by atoms with Gasteiger partial charge < -0.3 is 18.8 Å². The first-order valence-corrected chi connectivity index (χ1v) is 19.0. The van der Waals surface area contributed by atoms with E-state index in [-0.39, 0.29) is 0 Å². The quantitative estimate of drug-likeness (QED) is 0.164. The number of rotatable bonds is 7. The normalized spacial score (nSPS) is 11.6. The molecule has 4 nitrogen and oxygen atoms in total. The fourth-order valence-corrected chi connectivity index (χ4v) is 8.45. The number of hydrogen-bond acceptors (Lipinski definition) is 3. The predicted octanol–water partition coefficient (Wildman–Crippen LogP) is 14.8. The number of para-hydroxylation sites is 5. The molecule has 0 amide bonds. The molecular formula is C52H35N3O. The average molecular weight is 718 g/mol. The standard InChI is InChI=1S/C52H35N3O/c1-4-15-36(16-5-1)53(41-31-32-43-42-21-10-12-24-49(42)55(50(43)35-41)38-19-8-3-9-20-38)39-27-29-40(30-28-39)54(37-17-6-2-7-18-37)48-25-14-23-46-44(48)33-34-47-45-22-11-13-26-51(45)56-52(46)47/h1-35H. The van der Waals surface area contributed by atoms with Crippen molar-refractivity contribution >= 4 is 88.6 Å². The number of hydrogen-bond donors (Lipinski definition) is 0. The Kier molecular flexibility index (Phi) is 7.46. The minimum absolute atomic E-state index is 0.902. The summed E-state index contributed by atoms with van der Waals surface area (Å²) in [7, 11) is 0. The lowest BCUT2D eigenvalue weighted by Crippen LogP contribution is -2.12. The van der Waals surface area contributed by atoms with Gasteiger partial charge in [0.2, 0.25) is 0 Å². The van der Waals surface area contributed by atoms with E-state index in [0.717, 1.165) is 78.0 Å². The van der Waals surface area contributed by atoms with Gasteiger partial charge in [-0.1, -0.05) is 115 Å². The van der Waals surface area contributed by atoms with E-state index in [4.69, 9.17) is 4.42 Å². The van der Waals surface area contributed by atoms with Gasteiger partial charge in [0, 0.05) is 66.4 Å². The molecule has 2 aromatic heterocycles. The number of benzene rings is 9. The highest BCUT2D eigenvalue weighted by Gasteiger charge is 2.21. The number of aromatic nitrogens is 1. The largest absolute Gasteiger partial charge is 0.455 e. The van der Waals surface area contributed by atoms with Gasteiger partial charge in [0.25, 0.3) is 0 Å². The molecule has 0 radical (unpaired) electrons. The number of fused-ring (bicyclic) bond motifs is 8. The summed E-state index contributed by atoms with van der Waals surface area (Å²) in [6.45, 7) is 0. The van der Waals surface area contributed by atoms with Crippen LogP contribution in [0.25, 0.3) is 60.2 Å². The highest BCUT2D eigenvalue weighted by atomic mass is 16.3. The van der Waals surface area contributed by atoms with Crippen molar-refractivity contribution < 1.29 is 4.42 Å². The van der Waals surface area contributed by atoms with Gasteiger partial charge in [-0.05, 0) is 97.1 Å². The molecule has 4 heteroatoms. The van der Waals surface area contributed by atoms with Crippen molar-refractivity contribution in [2.45, 2.75) is 0 Å². The van der Waals surface area contributed by atoms with Gasteiger partial charge in [-0.2, -0.15) is 0 Å². The SMILES string of the molecule is c1ccc(N(c2ccc(N(c3ccccc3)c3cccc4c3ccc3c5ccccc5oc43)cc2)c2ccc3c4ccccc4n(-c4ccccc4)c3c2)cc1. The summed E-state index contributed by atoms with van der Waals surface area (Å²) >= 11 is 0. The van der Waals surface area contributed by atoms with E-state index in [9.17, 15) is 0 Å². The maximum absolute atomic E-state index is 6.49. The lowest BCUT2D eigenvalue weighted by molar-refractivity contribution is 0.672. The zero-order chi connectivity index (χ0) is 37.0. The Balaban J connectivity index is 1.06. The van der Waals surface area contributed by atoms with Crippen LogP contribution in [0.4, 0.5) is 34.1 Å². The number of furan rings is 1. The van der Waals surface area contributed by atoms with Crippen LogP contribution in [-0.2, 0) is 0 Å². The summed E-state index contributed by atoms with van der Waals surface area (Å²) in [5.41, 5.74) is 11.8. The van der Waals surface area contributed by atoms with Crippen LogP contribution in [0, 0.1) is 0 Å². The Hall–Kier alpha value is -7.56. The molecule has 0 spiro atoms. The predicted molar refractivity (Wildman–Crippen MR) is 235 cm³/mol. The fourth-order valence-electron chi connectivity index (χ4n) is 8.45. The molecule has 0 saturated heterocycles. The molecule has 0 aliphatic heterocycles. The Morgan fingerprint density at radius 2 is 0.821 bits per heavy atom. The Labute approximate surface area is 324 Å². The van der Waals surface area contributed by atoms with Crippen molar-refractivity contribution in [3.8, 4) is 5.69 Å². The molecule has 2 heterocycles. The zero-order valence-electron chi connectivity index (χ0n) is 30.5. The lowest BCUT2D eigenvalue weighted by atomic mass is 10.0. The van der Waals surface area contributed by atoms with Crippen molar-refractivity contribution in [1.82, 2.24) is 4.57 Å². The van der Waals surface area contributed by atoms with E-state index in [2.05, 4.69) is 215 Å². The van der Waals surface area contributed by atoms with Crippen LogP contribution in [0.5, 0.6) is 0 Å². The van der Waals surface area contributed by atoms with Gasteiger partial charge in [0.05, 0.1) is 16.7 Å². The second kappa shape index (κ2) is 13.1. The first-order chi connectivity index (χ1) is 27.8. The fraction of sp³-hybridized carbons (Fsp3) is 0. The molecule has 0 fully saturated rings. The summed E-state index contributed by atoms with van der Waals surface area (Å²) < 4.78 is 8.87. The van der Waals surface area contributed by atoms with Crippen LogP contribution in [0.1, 0.15) is 0 Å². The van der Waals surface area contributed by atoms with E-state index >= 15 is 0 Å². The third-order valence-corrected chi connectivity index (χ3v) is 10.9. The van der Waals surface area contributed by atoms with Crippen molar-refractivity contribution in [1.29, 1.82) is 0 Å².